The van der Waals surface area contributed by atoms with Crippen molar-refractivity contribution >= 4 is 22.8 Å². The van der Waals surface area contributed by atoms with E-state index in [0.717, 1.165) is 30.0 Å². The highest BCUT2D eigenvalue weighted by Gasteiger charge is 2.09. The van der Waals surface area contributed by atoms with Gasteiger partial charge in [-0.1, -0.05) is 19.8 Å². The van der Waals surface area contributed by atoms with Gasteiger partial charge in [0.1, 0.15) is 11.3 Å². The van der Waals surface area contributed by atoms with Gasteiger partial charge in [0.25, 0.3) is 0 Å². The van der Waals surface area contributed by atoms with Crippen molar-refractivity contribution in [1.82, 2.24) is 14.5 Å². The fourth-order valence-electron chi connectivity index (χ4n) is 1.86. The fraction of sp³-hybridized carbons (Fsp3) is 0.500. The Morgan fingerprint density at radius 2 is 2.25 bits per heavy atom. The second kappa shape index (κ2) is 5.30. The number of imidazole rings is 1. The summed E-state index contributed by atoms with van der Waals surface area (Å²) >= 11 is 5.91. The van der Waals surface area contributed by atoms with Crippen LogP contribution in [0.25, 0.3) is 11.2 Å². The molecule has 2 aromatic rings. The summed E-state index contributed by atoms with van der Waals surface area (Å²) in [6.45, 7) is 3.16. The molecule has 2 rings (SSSR count). The number of fused-ring (bicyclic) bond motifs is 1. The number of aromatic nitrogens is 3. The lowest BCUT2D eigenvalue weighted by Crippen LogP contribution is -2.03. The van der Waals surface area contributed by atoms with E-state index in [1.54, 1.807) is 6.20 Å². The zero-order chi connectivity index (χ0) is 11.4. The van der Waals surface area contributed by atoms with Crippen LogP contribution < -0.4 is 0 Å². The second-order valence-electron chi connectivity index (χ2n) is 3.87. The predicted octanol–water partition coefficient (Wildman–Crippen LogP) is 3.36. The first-order valence-electron chi connectivity index (χ1n) is 5.73. The van der Waals surface area contributed by atoms with Gasteiger partial charge >= 0.3 is 0 Å². The molecule has 0 N–H and O–H groups in total. The Morgan fingerprint density at radius 3 is 3.00 bits per heavy atom. The van der Waals surface area contributed by atoms with E-state index < -0.39 is 0 Å². The summed E-state index contributed by atoms with van der Waals surface area (Å²) in [5, 5.41) is 0. The van der Waals surface area contributed by atoms with Crippen molar-refractivity contribution in [2.24, 2.45) is 0 Å². The maximum Gasteiger partial charge on any atom is 0.160 e. The zero-order valence-corrected chi connectivity index (χ0v) is 10.2. The molecule has 2 aromatic heterocycles. The van der Waals surface area contributed by atoms with Gasteiger partial charge in [-0.15, -0.1) is 11.6 Å². The molecule has 16 heavy (non-hydrogen) atoms. The third kappa shape index (κ3) is 2.19. The number of pyridine rings is 1. The van der Waals surface area contributed by atoms with Gasteiger partial charge in [0.05, 0.1) is 5.88 Å². The molecule has 0 aliphatic carbocycles. The average molecular weight is 238 g/mol. The minimum Gasteiger partial charge on any atom is -0.312 e. The Morgan fingerprint density at radius 1 is 1.38 bits per heavy atom. The normalized spacial score (nSPS) is 11.1. The Hall–Kier alpha value is -1.09. The van der Waals surface area contributed by atoms with Crippen LogP contribution in [0.2, 0.25) is 0 Å². The average Bonchev–Trinajstić information content (AvgIpc) is 2.68. The molecule has 0 saturated carbocycles. The summed E-state index contributed by atoms with van der Waals surface area (Å²) in [5.41, 5.74) is 1.89. The molecule has 0 bridgehead atoms. The van der Waals surface area contributed by atoms with Gasteiger partial charge in [-0.2, -0.15) is 0 Å². The van der Waals surface area contributed by atoms with Crippen LogP contribution in [0.1, 0.15) is 32.0 Å². The van der Waals surface area contributed by atoms with E-state index in [1.165, 1.54) is 12.8 Å². The first kappa shape index (κ1) is 11.4. The summed E-state index contributed by atoms with van der Waals surface area (Å²) in [6.07, 6.45) is 5.41. The minimum absolute atomic E-state index is 0.447. The number of nitrogens with zero attached hydrogens (tertiary/aromatic N) is 3. The maximum atomic E-state index is 5.91. The number of hydrogen-bond acceptors (Lipinski definition) is 2. The van der Waals surface area contributed by atoms with Crippen LogP contribution >= 0.6 is 11.6 Å². The molecule has 0 aromatic carbocycles. The first-order chi connectivity index (χ1) is 7.86. The summed E-state index contributed by atoms with van der Waals surface area (Å²) in [6, 6.07) is 3.89. The summed E-state index contributed by atoms with van der Waals surface area (Å²) in [7, 11) is 0. The molecule has 0 saturated heterocycles. The van der Waals surface area contributed by atoms with E-state index in [4.69, 9.17) is 11.6 Å². The predicted molar refractivity (Wildman–Crippen MR) is 66.6 cm³/mol. The van der Waals surface area contributed by atoms with Gasteiger partial charge in [-0.3, -0.25) is 0 Å². The van der Waals surface area contributed by atoms with Crippen LogP contribution in [0, 0.1) is 0 Å². The molecule has 0 amide bonds. The molecule has 86 valence electrons. The SMILES string of the molecule is CCCCCn1c(CCl)nc2cccnc21. The lowest BCUT2D eigenvalue weighted by molar-refractivity contribution is 0.597. The van der Waals surface area contributed by atoms with E-state index >= 15 is 0 Å². The highest BCUT2D eigenvalue weighted by Crippen LogP contribution is 2.16. The van der Waals surface area contributed by atoms with Crippen LogP contribution in [0.3, 0.4) is 0 Å². The Kier molecular flexibility index (Phi) is 3.78. The molecule has 0 spiro atoms. The van der Waals surface area contributed by atoms with E-state index in [0.29, 0.717) is 5.88 Å². The van der Waals surface area contributed by atoms with Crippen molar-refractivity contribution in [3.8, 4) is 0 Å². The topological polar surface area (TPSA) is 30.7 Å². The highest BCUT2D eigenvalue weighted by molar-refractivity contribution is 6.16. The molecule has 4 heteroatoms. The Labute approximate surface area is 100 Å². The molecular formula is C12H16ClN3. The number of hydrogen-bond donors (Lipinski definition) is 0. The van der Waals surface area contributed by atoms with E-state index in [2.05, 4.69) is 21.5 Å². The van der Waals surface area contributed by atoms with Crippen molar-refractivity contribution in [3.05, 3.63) is 24.2 Å². The molecule has 0 aliphatic heterocycles. The largest absolute Gasteiger partial charge is 0.312 e. The quantitative estimate of drug-likeness (QED) is 0.590. The Bertz CT molecular complexity index is 464. The van der Waals surface area contributed by atoms with Crippen LogP contribution in [-0.4, -0.2) is 14.5 Å². The van der Waals surface area contributed by atoms with Crippen molar-refractivity contribution in [2.75, 3.05) is 0 Å². The van der Waals surface area contributed by atoms with E-state index in [-0.39, 0.29) is 0 Å². The van der Waals surface area contributed by atoms with Gasteiger partial charge < -0.3 is 4.57 Å². The molecule has 0 atom stereocenters. The zero-order valence-electron chi connectivity index (χ0n) is 9.49. The van der Waals surface area contributed by atoms with Crippen LogP contribution in [0.4, 0.5) is 0 Å². The van der Waals surface area contributed by atoms with Crippen LogP contribution in [-0.2, 0) is 12.4 Å². The lowest BCUT2D eigenvalue weighted by atomic mass is 10.2. The van der Waals surface area contributed by atoms with Crippen LogP contribution in [0.15, 0.2) is 18.3 Å². The van der Waals surface area contributed by atoms with Crippen molar-refractivity contribution in [2.45, 2.75) is 38.6 Å². The third-order valence-electron chi connectivity index (χ3n) is 2.69. The number of rotatable bonds is 5. The molecule has 0 unspecified atom stereocenters. The maximum absolute atomic E-state index is 5.91. The van der Waals surface area contributed by atoms with Gasteiger partial charge in [0.15, 0.2) is 5.65 Å². The molecule has 0 radical (unpaired) electrons. The molecule has 2 heterocycles. The summed E-state index contributed by atoms with van der Waals surface area (Å²) < 4.78 is 2.14. The van der Waals surface area contributed by atoms with Gasteiger partial charge in [0.2, 0.25) is 0 Å². The molecular weight excluding hydrogens is 222 g/mol. The van der Waals surface area contributed by atoms with E-state index in [9.17, 15) is 0 Å². The van der Waals surface area contributed by atoms with E-state index in [1.807, 2.05) is 12.1 Å². The monoisotopic (exact) mass is 237 g/mol. The van der Waals surface area contributed by atoms with Crippen molar-refractivity contribution in [3.63, 3.8) is 0 Å². The first-order valence-corrected chi connectivity index (χ1v) is 6.26. The number of halogens is 1. The Balaban J connectivity index is 2.32. The molecule has 3 nitrogen and oxygen atoms in total. The van der Waals surface area contributed by atoms with Gasteiger partial charge in [-0.05, 0) is 18.6 Å². The van der Waals surface area contributed by atoms with Crippen LogP contribution in [0.5, 0.6) is 0 Å². The third-order valence-corrected chi connectivity index (χ3v) is 2.93. The van der Waals surface area contributed by atoms with Gasteiger partial charge in [0, 0.05) is 12.7 Å². The second-order valence-corrected chi connectivity index (χ2v) is 4.13. The number of unbranched alkanes of at least 4 members (excludes halogenated alkanes) is 2. The van der Waals surface area contributed by atoms with Crippen molar-refractivity contribution in [1.29, 1.82) is 0 Å². The number of alkyl halides is 1. The van der Waals surface area contributed by atoms with Gasteiger partial charge in [-0.25, -0.2) is 9.97 Å². The fourth-order valence-corrected chi connectivity index (χ4v) is 2.07. The highest BCUT2D eigenvalue weighted by atomic mass is 35.5. The minimum atomic E-state index is 0.447. The molecule has 0 aliphatic rings. The lowest BCUT2D eigenvalue weighted by Gasteiger charge is -2.05. The van der Waals surface area contributed by atoms with Crippen molar-refractivity contribution < 1.29 is 0 Å². The summed E-state index contributed by atoms with van der Waals surface area (Å²) in [4.78, 5) is 8.85. The smallest absolute Gasteiger partial charge is 0.160 e. The standard InChI is InChI=1S/C12H16ClN3/c1-2-3-4-8-16-11(9-13)15-10-6-5-7-14-12(10)16/h5-7H,2-4,8-9H2,1H3. The number of aryl methyl sites for hydroxylation is 1. The molecule has 0 fully saturated rings. The summed E-state index contributed by atoms with van der Waals surface area (Å²) in [5.74, 6) is 1.37.